The molecule has 1 fully saturated rings. The van der Waals surface area contributed by atoms with Crippen LogP contribution in [0, 0.1) is 23.0 Å². The third-order valence-electron chi connectivity index (χ3n) is 7.89. The molecule has 1 aliphatic rings. The second-order valence-electron chi connectivity index (χ2n) is 10.6. The monoisotopic (exact) mass is 598 g/mol. The highest BCUT2D eigenvalue weighted by Gasteiger charge is 2.24. The summed E-state index contributed by atoms with van der Waals surface area (Å²) in [7, 11) is 0. The second-order valence-corrected chi connectivity index (χ2v) is 11.0. The van der Waals surface area contributed by atoms with Crippen LogP contribution in [-0.2, 0) is 0 Å². The Morgan fingerprint density at radius 1 is 1.05 bits per heavy atom. The standard InChI is InChI=1S/C32H29ClF2N8/c1-2-42-13-11-25(12-14-42)43-19-30(40-41-43)32(20-3-5-22(34)6-4-20)39-23-8-10-29-26(15-23)31(21(17-36)18-37-29)38-24-7-9-28(35)27(33)16-24/h3-10,15-16,18-19,25,32,39H,2,11-14H2,1H3,(H,37,38). The van der Waals surface area contributed by atoms with E-state index < -0.39 is 11.9 Å². The van der Waals surface area contributed by atoms with Gasteiger partial charge in [0, 0.05) is 36.0 Å². The van der Waals surface area contributed by atoms with Crippen molar-refractivity contribution in [2.24, 2.45) is 0 Å². The maximum absolute atomic E-state index is 13.9. The van der Waals surface area contributed by atoms with Crippen LogP contribution in [0.1, 0.15) is 48.7 Å². The lowest BCUT2D eigenvalue weighted by atomic mass is 10.0. The van der Waals surface area contributed by atoms with Gasteiger partial charge in [0.05, 0.1) is 40.1 Å². The van der Waals surface area contributed by atoms with Crippen LogP contribution < -0.4 is 10.6 Å². The smallest absolute Gasteiger partial charge is 0.141 e. The van der Waals surface area contributed by atoms with E-state index in [9.17, 15) is 14.0 Å². The highest BCUT2D eigenvalue weighted by Crippen LogP contribution is 2.34. The summed E-state index contributed by atoms with van der Waals surface area (Å²) < 4.78 is 29.6. The number of pyridine rings is 1. The molecule has 3 aromatic carbocycles. The van der Waals surface area contributed by atoms with Crippen molar-refractivity contribution in [3.05, 3.63) is 107 Å². The van der Waals surface area contributed by atoms with Crippen molar-refractivity contribution in [1.29, 1.82) is 5.26 Å². The molecule has 1 saturated heterocycles. The highest BCUT2D eigenvalue weighted by atomic mass is 35.5. The molecule has 0 saturated carbocycles. The van der Waals surface area contributed by atoms with Gasteiger partial charge < -0.3 is 15.5 Å². The molecule has 218 valence electrons. The van der Waals surface area contributed by atoms with Crippen molar-refractivity contribution < 1.29 is 8.78 Å². The Morgan fingerprint density at radius 3 is 2.53 bits per heavy atom. The van der Waals surface area contributed by atoms with Gasteiger partial charge in [-0.25, -0.2) is 13.5 Å². The summed E-state index contributed by atoms with van der Waals surface area (Å²) in [6, 6.07) is 18.2. The molecule has 0 spiro atoms. The minimum Gasteiger partial charge on any atom is -0.373 e. The number of piperidine rings is 1. The fourth-order valence-corrected chi connectivity index (χ4v) is 5.65. The number of aromatic nitrogens is 4. The van der Waals surface area contributed by atoms with Gasteiger partial charge >= 0.3 is 0 Å². The van der Waals surface area contributed by atoms with Crippen LogP contribution in [0.2, 0.25) is 5.02 Å². The Hall–Kier alpha value is -4.59. The average Bonchev–Trinajstić information content (AvgIpc) is 3.52. The van der Waals surface area contributed by atoms with Gasteiger partial charge in [0.25, 0.3) is 0 Å². The van der Waals surface area contributed by atoms with E-state index in [-0.39, 0.29) is 16.9 Å². The number of nitrogens with zero attached hydrogens (tertiary/aromatic N) is 6. The number of hydrogen-bond acceptors (Lipinski definition) is 7. The topological polar surface area (TPSA) is 94.7 Å². The fourth-order valence-electron chi connectivity index (χ4n) is 5.47. The molecule has 8 nitrogen and oxygen atoms in total. The zero-order valence-corrected chi connectivity index (χ0v) is 24.2. The van der Waals surface area contributed by atoms with Crippen molar-refractivity contribution in [2.45, 2.75) is 31.8 Å². The van der Waals surface area contributed by atoms with Gasteiger partial charge in [-0.1, -0.05) is 35.9 Å². The Bertz CT molecular complexity index is 1790. The maximum Gasteiger partial charge on any atom is 0.141 e. The Balaban J connectivity index is 1.35. The molecule has 1 unspecified atom stereocenters. The van der Waals surface area contributed by atoms with Crippen molar-refractivity contribution >= 4 is 39.6 Å². The predicted octanol–water partition coefficient (Wildman–Crippen LogP) is 7.23. The van der Waals surface area contributed by atoms with Gasteiger partial charge in [0.15, 0.2) is 0 Å². The van der Waals surface area contributed by atoms with Crippen LogP contribution in [0.5, 0.6) is 0 Å². The molecular formula is C32H29ClF2N8. The molecular weight excluding hydrogens is 570 g/mol. The summed E-state index contributed by atoms with van der Waals surface area (Å²) >= 11 is 6.00. The number of nitrogens with one attached hydrogen (secondary N) is 2. The molecule has 6 rings (SSSR count). The second kappa shape index (κ2) is 12.3. The summed E-state index contributed by atoms with van der Waals surface area (Å²) in [5.74, 6) is -0.861. The maximum atomic E-state index is 13.9. The lowest BCUT2D eigenvalue weighted by molar-refractivity contribution is 0.186. The molecule has 1 atom stereocenters. The average molecular weight is 599 g/mol. The van der Waals surface area contributed by atoms with E-state index in [1.807, 2.05) is 29.1 Å². The first-order valence-corrected chi connectivity index (χ1v) is 14.5. The summed E-state index contributed by atoms with van der Waals surface area (Å²) in [5.41, 5.74) is 4.26. The molecule has 1 aliphatic heterocycles. The highest BCUT2D eigenvalue weighted by molar-refractivity contribution is 6.31. The first kappa shape index (κ1) is 28.5. The quantitative estimate of drug-likeness (QED) is 0.194. The first-order valence-electron chi connectivity index (χ1n) is 14.1. The molecule has 2 aromatic heterocycles. The van der Waals surface area contributed by atoms with Gasteiger partial charge in [0.1, 0.15) is 23.4 Å². The van der Waals surface area contributed by atoms with Crippen molar-refractivity contribution in [3.8, 4) is 6.07 Å². The first-order chi connectivity index (χ1) is 20.9. The van der Waals surface area contributed by atoms with E-state index in [0.29, 0.717) is 33.5 Å². The number of likely N-dealkylation sites (tertiary alicyclic amines) is 1. The normalized spacial score (nSPS) is 14.9. The molecule has 0 aliphatic carbocycles. The molecule has 0 radical (unpaired) electrons. The summed E-state index contributed by atoms with van der Waals surface area (Å²) in [5, 5.41) is 26.3. The lowest BCUT2D eigenvalue weighted by Gasteiger charge is -2.30. The zero-order chi connectivity index (χ0) is 29.9. The predicted molar refractivity (Wildman–Crippen MR) is 163 cm³/mol. The summed E-state index contributed by atoms with van der Waals surface area (Å²) in [4.78, 5) is 6.88. The van der Waals surface area contributed by atoms with E-state index in [1.54, 1.807) is 18.2 Å². The third kappa shape index (κ3) is 6.14. The number of nitriles is 1. The Morgan fingerprint density at radius 2 is 1.81 bits per heavy atom. The van der Waals surface area contributed by atoms with E-state index in [2.05, 4.69) is 43.8 Å². The zero-order valence-electron chi connectivity index (χ0n) is 23.4. The van der Waals surface area contributed by atoms with Crippen LogP contribution in [0.3, 0.4) is 0 Å². The van der Waals surface area contributed by atoms with Gasteiger partial charge in [-0.05, 0) is 73.5 Å². The molecule has 0 bridgehead atoms. The van der Waals surface area contributed by atoms with E-state index in [4.69, 9.17) is 11.6 Å². The van der Waals surface area contributed by atoms with Crippen molar-refractivity contribution in [2.75, 3.05) is 30.3 Å². The van der Waals surface area contributed by atoms with Crippen LogP contribution in [0.25, 0.3) is 10.9 Å². The van der Waals surface area contributed by atoms with Gasteiger partial charge in [-0.2, -0.15) is 5.26 Å². The van der Waals surface area contributed by atoms with Crippen LogP contribution >= 0.6 is 11.6 Å². The molecule has 3 heterocycles. The molecule has 43 heavy (non-hydrogen) atoms. The molecule has 5 aromatic rings. The number of halogens is 3. The van der Waals surface area contributed by atoms with Gasteiger partial charge in [-0.3, -0.25) is 4.98 Å². The van der Waals surface area contributed by atoms with Crippen molar-refractivity contribution in [1.82, 2.24) is 24.9 Å². The Kier molecular flexibility index (Phi) is 8.18. The van der Waals surface area contributed by atoms with Crippen LogP contribution in [0.4, 0.5) is 25.8 Å². The molecule has 11 heteroatoms. The van der Waals surface area contributed by atoms with Crippen LogP contribution in [-0.4, -0.2) is 44.5 Å². The van der Waals surface area contributed by atoms with E-state index >= 15 is 0 Å². The number of anilines is 3. The number of hydrogen-bond donors (Lipinski definition) is 2. The minimum absolute atomic E-state index is 0.0321. The third-order valence-corrected chi connectivity index (χ3v) is 8.18. The molecule has 2 N–H and O–H groups in total. The van der Waals surface area contributed by atoms with Gasteiger partial charge in [-0.15, -0.1) is 5.10 Å². The SMILES string of the molecule is CCN1CCC(n2cc(C(Nc3ccc4ncc(C#N)c(Nc5ccc(F)c(Cl)c5)c4c3)c3ccc(F)cc3)nn2)CC1. The van der Waals surface area contributed by atoms with Crippen LogP contribution in [0.15, 0.2) is 73.1 Å². The minimum atomic E-state index is -0.533. The largest absolute Gasteiger partial charge is 0.373 e. The summed E-state index contributed by atoms with van der Waals surface area (Å²) in [6.07, 6.45) is 5.46. The van der Waals surface area contributed by atoms with E-state index in [0.717, 1.165) is 43.7 Å². The van der Waals surface area contributed by atoms with E-state index in [1.165, 1.54) is 30.5 Å². The number of rotatable bonds is 8. The molecule has 0 amide bonds. The van der Waals surface area contributed by atoms with Gasteiger partial charge in [0.2, 0.25) is 0 Å². The van der Waals surface area contributed by atoms with Crippen molar-refractivity contribution in [3.63, 3.8) is 0 Å². The Labute approximate surface area is 252 Å². The lowest BCUT2D eigenvalue weighted by Crippen LogP contribution is -2.34. The number of benzene rings is 3. The summed E-state index contributed by atoms with van der Waals surface area (Å²) in [6.45, 7) is 5.25. The fraction of sp³-hybridized carbons (Fsp3) is 0.250. The number of fused-ring (bicyclic) bond motifs is 1.